The molecule has 0 radical (unpaired) electrons. The Kier molecular flexibility index (Phi) is 11.1. The number of hydrogen-bond donors (Lipinski definition) is 3. The van der Waals surface area contributed by atoms with Crippen LogP contribution in [0.5, 0.6) is 0 Å². The van der Waals surface area contributed by atoms with E-state index in [0.717, 1.165) is 19.8 Å². The number of morpholine rings is 1. The third-order valence-corrected chi connectivity index (χ3v) is 2.45. The molecule has 0 aromatic carbocycles. The summed E-state index contributed by atoms with van der Waals surface area (Å²) < 4.78 is 5.21. The van der Waals surface area contributed by atoms with E-state index in [9.17, 15) is 0 Å². The van der Waals surface area contributed by atoms with Crippen molar-refractivity contribution in [2.75, 3.05) is 53.1 Å². The Morgan fingerprint density at radius 3 is 2.25 bits per heavy atom. The van der Waals surface area contributed by atoms with E-state index in [2.05, 4.69) is 12.2 Å². The standard InChI is InChI=1S/C6H13NO.C5H13NO2/c1-2-6-5-8-4-3-7-6;1-6(2-4-7)3-5-8/h6-7H,2-5H2,1H3;7-8H,2-5H2,1H3. The lowest BCUT2D eigenvalue weighted by Gasteiger charge is -2.21. The first kappa shape index (κ1) is 15.8. The van der Waals surface area contributed by atoms with Crippen LogP contribution in [0.3, 0.4) is 0 Å². The molecule has 0 aliphatic carbocycles. The van der Waals surface area contributed by atoms with Crippen LogP contribution >= 0.6 is 0 Å². The topological polar surface area (TPSA) is 65.0 Å². The van der Waals surface area contributed by atoms with Crippen LogP contribution in [0.15, 0.2) is 0 Å². The van der Waals surface area contributed by atoms with Gasteiger partial charge in [0.25, 0.3) is 0 Å². The zero-order valence-corrected chi connectivity index (χ0v) is 10.5. The molecule has 1 fully saturated rings. The highest BCUT2D eigenvalue weighted by molar-refractivity contribution is 4.66. The van der Waals surface area contributed by atoms with Crippen molar-refractivity contribution in [1.82, 2.24) is 10.2 Å². The molecule has 1 saturated heterocycles. The van der Waals surface area contributed by atoms with E-state index < -0.39 is 0 Å². The Morgan fingerprint density at radius 1 is 1.31 bits per heavy atom. The monoisotopic (exact) mass is 234 g/mol. The maximum atomic E-state index is 8.34. The van der Waals surface area contributed by atoms with Crippen LogP contribution in [0.25, 0.3) is 0 Å². The van der Waals surface area contributed by atoms with Crippen molar-refractivity contribution < 1.29 is 14.9 Å². The van der Waals surface area contributed by atoms with E-state index in [4.69, 9.17) is 14.9 Å². The fraction of sp³-hybridized carbons (Fsp3) is 1.00. The number of rotatable bonds is 5. The van der Waals surface area contributed by atoms with Crippen molar-refractivity contribution in [1.29, 1.82) is 0 Å². The molecule has 0 bridgehead atoms. The first-order valence-corrected chi connectivity index (χ1v) is 5.96. The number of nitrogens with one attached hydrogen (secondary N) is 1. The van der Waals surface area contributed by atoms with Gasteiger partial charge in [0.15, 0.2) is 0 Å². The van der Waals surface area contributed by atoms with E-state index in [-0.39, 0.29) is 13.2 Å². The predicted octanol–water partition coefficient (Wildman–Crippen LogP) is -0.712. The summed E-state index contributed by atoms with van der Waals surface area (Å²) in [6.07, 6.45) is 1.18. The van der Waals surface area contributed by atoms with Gasteiger partial charge in [0, 0.05) is 25.7 Å². The minimum atomic E-state index is 0.163. The van der Waals surface area contributed by atoms with Gasteiger partial charge in [0.2, 0.25) is 0 Å². The van der Waals surface area contributed by atoms with Crippen molar-refractivity contribution >= 4 is 0 Å². The Balaban J connectivity index is 0.000000281. The molecule has 0 aromatic heterocycles. The molecule has 5 nitrogen and oxygen atoms in total. The first-order valence-electron chi connectivity index (χ1n) is 5.96. The predicted molar refractivity (Wildman–Crippen MR) is 64.6 cm³/mol. The zero-order chi connectivity index (χ0) is 12.2. The largest absolute Gasteiger partial charge is 0.395 e. The molecule has 98 valence electrons. The second-order valence-electron chi connectivity index (χ2n) is 3.88. The van der Waals surface area contributed by atoms with E-state index in [1.165, 1.54) is 6.42 Å². The van der Waals surface area contributed by atoms with Crippen molar-refractivity contribution in [3.05, 3.63) is 0 Å². The fourth-order valence-corrected chi connectivity index (χ4v) is 1.34. The second-order valence-corrected chi connectivity index (χ2v) is 3.88. The lowest BCUT2D eigenvalue weighted by Crippen LogP contribution is -2.40. The number of ether oxygens (including phenoxy) is 1. The summed E-state index contributed by atoms with van der Waals surface area (Å²) in [6.45, 7) is 6.59. The SMILES string of the molecule is CCC1COCCN1.CN(CCO)CCO. The van der Waals surface area contributed by atoms with Crippen LogP contribution in [0, 0.1) is 0 Å². The third-order valence-electron chi connectivity index (χ3n) is 2.45. The van der Waals surface area contributed by atoms with Gasteiger partial charge in [-0.2, -0.15) is 0 Å². The average Bonchev–Trinajstić information content (AvgIpc) is 2.32. The highest BCUT2D eigenvalue weighted by atomic mass is 16.5. The van der Waals surface area contributed by atoms with Gasteiger partial charge >= 0.3 is 0 Å². The van der Waals surface area contributed by atoms with Crippen LogP contribution in [0.1, 0.15) is 13.3 Å². The normalized spacial score (nSPS) is 20.4. The van der Waals surface area contributed by atoms with Crippen LogP contribution < -0.4 is 5.32 Å². The molecule has 3 N–H and O–H groups in total. The van der Waals surface area contributed by atoms with E-state index in [1.807, 2.05) is 11.9 Å². The van der Waals surface area contributed by atoms with E-state index >= 15 is 0 Å². The van der Waals surface area contributed by atoms with Crippen molar-refractivity contribution in [2.45, 2.75) is 19.4 Å². The van der Waals surface area contributed by atoms with Crippen LogP contribution in [0.2, 0.25) is 0 Å². The Bertz CT molecular complexity index is 135. The number of hydrogen-bond acceptors (Lipinski definition) is 5. The summed E-state index contributed by atoms with van der Waals surface area (Å²) in [4.78, 5) is 1.86. The minimum Gasteiger partial charge on any atom is -0.395 e. The van der Waals surface area contributed by atoms with Gasteiger partial charge in [0.05, 0.1) is 26.4 Å². The van der Waals surface area contributed by atoms with Gasteiger partial charge in [-0.25, -0.2) is 0 Å². The molecule has 0 aromatic rings. The minimum absolute atomic E-state index is 0.163. The highest BCUT2D eigenvalue weighted by Gasteiger charge is 2.08. The second kappa shape index (κ2) is 11.3. The molecule has 1 unspecified atom stereocenters. The average molecular weight is 234 g/mol. The summed E-state index contributed by atoms with van der Waals surface area (Å²) in [5.41, 5.74) is 0. The summed E-state index contributed by atoms with van der Waals surface area (Å²) in [5.74, 6) is 0. The maximum absolute atomic E-state index is 8.34. The number of aliphatic hydroxyl groups is 2. The van der Waals surface area contributed by atoms with Gasteiger partial charge in [-0.15, -0.1) is 0 Å². The molecule has 1 rings (SSSR count). The van der Waals surface area contributed by atoms with Gasteiger partial charge in [-0.3, -0.25) is 0 Å². The van der Waals surface area contributed by atoms with Gasteiger partial charge in [-0.05, 0) is 13.5 Å². The molecular formula is C11H26N2O3. The molecule has 0 amide bonds. The van der Waals surface area contributed by atoms with E-state index in [1.54, 1.807) is 0 Å². The molecule has 1 aliphatic heterocycles. The Labute approximate surface area is 98.4 Å². The van der Waals surface area contributed by atoms with Crippen molar-refractivity contribution in [3.8, 4) is 0 Å². The molecular weight excluding hydrogens is 208 g/mol. The highest BCUT2D eigenvalue weighted by Crippen LogP contribution is 1.95. The van der Waals surface area contributed by atoms with Crippen LogP contribution in [-0.4, -0.2) is 74.3 Å². The molecule has 1 heterocycles. The van der Waals surface area contributed by atoms with Gasteiger partial charge in [-0.1, -0.05) is 6.92 Å². The van der Waals surface area contributed by atoms with Gasteiger partial charge in [0.1, 0.15) is 0 Å². The maximum Gasteiger partial charge on any atom is 0.0620 e. The summed E-state index contributed by atoms with van der Waals surface area (Å²) in [5, 5.41) is 20.0. The summed E-state index contributed by atoms with van der Waals surface area (Å²) >= 11 is 0. The van der Waals surface area contributed by atoms with Crippen LogP contribution in [0.4, 0.5) is 0 Å². The van der Waals surface area contributed by atoms with Crippen molar-refractivity contribution in [3.63, 3.8) is 0 Å². The lowest BCUT2D eigenvalue weighted by atomic mass is 10.2. The Hall–Kier alpha value is -0.200. The smallest absolute Gasteiger partial charge is 0.0620 e. The Morgan fingerprint density at radius 2 is 1.94 bits per heavy atom. The molecule has 5 heteroatoms. The van der Waals surface area contributed by atoms with Crippen LogP contribution in [-0.2, 0) is 4.74 Å². The third kappa shape index (κ3) is 9.06. The molecule has 1 aliphatic rings. The van der Waals surface area contributed by atoms with E-state index in [0.29, 0.717) is 19.1 Å². The molecule has 0 spiro atoms. The molecule has 16 heavy (non-hydrogen) atoms. The van der Waals surface area contributed by atoms with Crippen molar-refractivity contribution in [2.24, 2.45) is 0 Å². The van der Waals surface area contributed by atoms with Gasteiger partial charge < -0.3 is 25.2 Å². The zero-order valence-electron chi connectivity index (χ0n) is 10.5. The lowest BCUT2D eigenvalue weighted by molar-refractivity contribution is 0.0758. The first-order chi connectivity index (χ1) is 7.74. The summed E-state index contributed by atoms with van der Waals surface area (Å²) in [6, 6.07) is 0.615. The number of likely N-dealkylation sites (N-methyl/N-ethyl adjacent to an activating group) is 1. The quantitative estimate of drug-likeness (QED) is 0.586. The molecule has 0 saturated carbocycles. The molecule has 1 atom stereocenters. The number of aliphatic hydroxyl groups excluding tert-OH is 2. The summed E-state index contributed by atoms with van der Waals surface area (Å²) in [7, 11) is 1.85. The number of nitrogens with zero attached hydrogens (tertiary/aromatic N) is 1. The fourth-order valence-electron chi connectivity index (χ4n) is 1.34.